The average Bonchev–Trinajstić information content (AvgIpc) is 2.93. The first-order chi connectivity index (χ1) is 13.3. The Labute approximate surface area is 173 Å². The first-order valence-corrected chi connectivity index (χ1v) is 9.50. The molecule has 146 valence electrons. The molecule has 0 radical (unpaired) electrons. The summed E-state index contributed by atoms with van der Waals surface area (Å²) in [5, 5.41) is 11.6. The van der Waals surface area contributed by atoms with Gasteiger partial charge in [0.15, 0.2) is 0 Å². The van der Waals surface area contributed by atoms with Crippen LogP contribution in [0.1, 0.15) is 17.2 Å². The summed E-state index contributed by atoms with van der Waals surface area (Å²) in [6, 6.07) is 12.9. The number of likely N-dealkylation sites (N-methyl/N-ethyl adjacent to an activating group) is 1. The van der Waals surface area contributed by atoms with Gasteiger partial charge in [-0.3, -0.25) is 9.59 Å². The zero-order valence-electron chi connectivity index (χ0n) is 15.5. The number of halogens is 2. The Morgan fingerprint density at radius 2 is 1.75 bits per heavy atom. The van der Waals surface area contributed by atoms with Gasteiger partial charge in [-0.15, -0.1) is 0 Å². The molecule has 1 N–H and O–H groups in total. The van der Waals surface area contributed by atoms with Gasteiger partial charge in [0.25, 0.3) is 11.7 Å². The minimum absolute atomic E-state index is 0.0494. The summed E-state index contributed by atoms with van der Waals surface area (Å²) in [4.78, 5) is 29.0. The number of ketones is 1. The molecule has 1 aliphatic heterocycles. The summed E-state index contributed by atoms with van der Waals surface area (Å²) in [5.41, 5.74) is 1.14. The zero-order valence-corrected chi connectivity index (χ0v) is 17.0. The molecule has 1 fully saturated rings. The van der Waals surface area contributed by atoms with Crippen molar-refractivity contribution in [3.8, 4) is 0 Å². The van der Waals surface area contributed by atoms with E-state index >= 15 is 0 Å². The van der Waals surface area contributed by atoms with Crippen LogP contribution >= 0.6 is 23.2 Å². The predicted octanol–water partition coefficient (Wildman–Crippen LogP) is 3.98. The number of hydrogen-bond acceptors (Lipinski definition) is 4. The topological polar surface area (TPSA) is 60.9 Å². The Morgan fingerprint density at radius 3 is 2.36 bits per heavy atom. The summed E-state index contributed by atoms with van der Waals surface area (Å²) in [6.45, 7) is 0.893. The molecule has 0 aromatic heterocycles. The number of nitrogens with zero attached hydrogens (tertiary/aromatic N) is 2. The van der Waals surface area contributed by atoms with E-state index in [9.17, 15) is 14.7 Å². The number of benzene rings is 2. The summed E-state index contributed by atoms with van der Waals surface area (Å²) in [6.07, 6.45) is 0. The molecular formula is C21H20Cl2N2O3. The van der Waals surface area contributed by atoms with Gasteiger partial charge >= 0.3 is 0 Å². The van der Waals surface area contributed by atoms with Crippen LogP contribution in [0.2, 0.25) is 10.0 Å². The zero-order chi connectivity index (χ0) is 20.4. The molecule has 1 atom stereocenters. The normalized spacial score (nSPS) is 18.9. The molecule has 1 amide bonds. The van der Waals surface area contributed by atoms with Crippen LogP contribution in [0.3, 0.4) is 0 Å². The molecule has 2 aromatic carbocycles. The minimum Gasteiger partial charge on any atom is -0.507 e. The van der Waals surface area contributed by atoms with Crippen molar-refractivity contribution in [3.05, 3.63) is 75.3 Å². The van der Waals surface area contributed by atoms with Crippen LogP contribution in [0.15, 0.2) is 54.1 Å². The molecule has 1 saturated heterocycles. The number of aliphatic hydroxyl groups is 1. The second-order valence-electron chi connectivity index (χ2n) is 6.84. The van der Waals surface area contributed by atoms with E-state index in [0.717, 1.165) is 0 Å². The highest BCUT2D eigenvalue weighted by Crippen LogP contribution is 2.40. The lowest BCUT2D eigenvalue weighted by Crippen LogP contribution is -2.35. The van der Waals surface area contributed by atoms with Crippen molar-refractivity contribution in [2.45, 2.75) is 6.04 Å². The molecule has 3 rings (SSSR count). The molecule has 28 heavy (non-hydrogen) atoms. The van der Waals surface area contributed by atoms with E-state index in [1.807, 2.05) is 25.1 Å². The van der Waals surface area contributed by atoms with E-state index in [2.05, 4.69) is 0 Å². The SMILES string of the molecule is CN(C)CCN1C(=O)C(=O)/C(=C(/O)c2ccccc2)[C@H]1c1ccc(Cl)c(Cl)c1. The highest BCUT2D eigenvalue weighted by Gasteiger charge is 2.46. The number of aliphatic hydroxyl groups excluding tert-OH is 1. The van der Waals surface area contributed by atoms with Crippen molar-refractivity contribution in [2.24, 2.45) is 0 Å². The Bertz CT molecular complexity index is 942. The van der Waals surface area contributed by atoms with Crippen molar-refractivity contribution >= 4 is 40.7 Å². The third-order valence-corrected chi connectivity index (χ3v) is 5.37. The smallest absolute Gasteiger partial charge is 0.295 e. The number of carbonyl (C=O) groups is 2. The Morgan fingerprint density at radius 1 is 1.07 bits per heavy atom. The number of hydrogen-bond donors (Lipinski definition) is 1. The summed E-state index contributed by atoms with van der Waals surface area (Å²) in [7, 11) is 3.77. The average molecular weight is 419 g/mol. The van der Waals surface area contributed by atoms with Crippen molar-refractivity contribution in [1.82, 2.24) is 9.80 Å². The number of likely N-dealkylation sites (tertiary alicyclic amines) is 1. The lowest BCUT2D eigenvalue weighted by Gasteiger charge is -2.26. The van der Waals surface area contributed by atoms with Crippen molar-refractivity contribution in [2.75, 3.05) is 27.2 Å². The van der Waals surface area contributed by atoms with Crippen molar-refractivity contribution in [3.63, 3.8) is 0 Å². The lowest BCUT2D eigenvalue weighted by atomic mass is 9.95. The van der Waals surface area contributed by atoms with Gasteiger partial charge in [0.2, 0.25) is 0 Å². The van der Waals surface area contributed by atoms with Crippen molar-refractivity contribution in [1.29, 1.82) is 0 Å². The molecule has 5 nitrogen and oxygen atoms in total. The van der Waals surface area contributed by atoms with Gasteiger partial charge in [0, 0.05) is 18.7 Å². The fraction of sp³-hybridized carbons (Fsp3) is 0.238. The standard InChI is InChI=1S/C21H20Cl2N2O3/c1-24(2)10-11-25-18(14-8-9-15(22)16(23)12-14)17(20(27)21(25)28)19(26)13-6-4-3-5-7-13/h3-9,12,18,26H,10-11H2,1-2H3/b19-17+/t18-/m1/s1. The molecule has 2 aromatic rings. The van der Waals surface area contributed by atoms with Gasteiger partial charge in [0.1, 0.15) is 5.76 Å². The van der Waals surface area contributed by atoms with Crippen LogP contribution in [0.4, 0.5) is 0 Å². The van der Waals surface area contributed by atoms with Crippen LogP contribution in [0.25, 0.3) is 5.76 Å². The highest BCUT2D eigenvalue weighted by atomic mass is 35.5. The van der Waals surface area contributed by atoms with E-state index in [-0.39, 0.29) is 11.3 Å². The molecule has 1 aliphatic rings. The highest BCUT2D eigenvalue weighted by molar-refractivity contribution is 6.46. The Hall–Kier alpha value is -2.34. The second kappa shape index (κ2) is 8.35. The van der Waals surface area contributed by atoms with E-state index in [1.54, 1.807) is 42.5 Å². The molecule has 0 saturated carbocycles. The van der Waals surface area contributed by atoms with E-state index in [4.69, 9.17) is 23.2 Å². The first-order valence-electron chi connectivity index (χ1n) is 8.74. The van der Waals surface area contributed by atoms with Gasteiger partial charge in [-0.25, -0.2) is 0 Å². The lowest BCUT2D eigenvalue weighted by molar-refractivity contribution is -0.140. The second-order valence-corrected chi connectivity index (χ2v) is 7.65. The van der Waals surface area contributed by atoms with Gasteiger partial charge in [0.05, 0.1) is 21.7 Å². The summed E-state index contributed by atoms with van der Waals surface area (Å²) < 4.78 is 0. The third-order valence-electron chi connectivity index (χ3n) is 4.63. The van der Waals surface area contributed by atoms with Crippen molar-refractivity contribution < 1.29 is 14.7 Å². The van der Waals surface area contributed by atoms with Crippen LogP contribution in [-0.4, -0.2) is 53.8 Å². The third kappa shape index (κ3) is 3.92. The van der Waals surface area contributed by atoms with E-state index in [1.165, 1.54) is 4.90 Å². The number of rotatable bonds is 5. The Balaban J connectivity index is 2.16. The molecule has 0 aliphatic carbocycles. The molecule has 1 heterocycles. The monoisotopic (exact) mass is 418 g/mol. The first kappa shape index (κ1) is 20.4. The maximum atomic E-state index is 12.8. The maximum Gasteiger partial charge on any atom is 0.295 e. The van der Waals surface area contributed by atoms with E-state index < -0.39 is 17.7 Å². The fourth-order valence-electron chi connectivity index (χ4n) is 3.20. The van der Waals surface area contributed by atoms with Crippen LogP contribution < -0.4 is 0 Å². The summed E-state index contributed by atoms with van der Waals surface area (Å²) >= 11 is 12.2. The van der Waals surface area contributed by atoms with Crippen LogP contribution in [0, 0.1) is 0 Å². The van der Waals surface area contributed by atoms with Gasteiger partial charge < -0.3 is 14.9 Å². The molecule has 0 unspecified atom stereocenters. The largest absolute Gasteiger partial charge is 0.507 e. The van der Waals surface area contributed by atoms with Crippen LogP contribution in [-0.2, 0) is 9.59 Å². The minimum atomic E-state index is -0.741. The molecule has 0 spiro atoms. The maximum absolute atomic E-state index is 12.8. The number of carbonyl (C=O) groups excluding carboxylic acids is 2. The van der Waals surface area contributed by atoms with E-state index in [0.29, 0.717) is 34.3 Å². The number of amides is 1. The molecule has 0 bridgehead atoms. The quantitative estimate of drug-likeness (QED) is 0.453. The van der Waals surface area contributed by atoms with Gasteiger partial charge in [-0.2, -0.15) is 0 Å². The Kier molecular flexibility index (Phi) is 6.08. The molecular weight excluding hydrogens is 399 g/mol. The van der Waals surface area contributed by atoms with Gasteiger partial charge in [-0.05, 0) is 31.8 Å². The summed E-state index contributed by atoms with van der Waals surface area (Å²) in [5.74, 6) is -1.56. The number of Topliss-reactive ketones (excluding diaryl/α,β-unsaturated/α-hetero) is 1. The van der Waals surface area contributed by atoms with Crippen LogP contribution in [0.5, 0.6) is 0 Å². The van der Waals surface area contributed by atoms with Gasteiger partial charge in [-0.1, -0.05) is 59.6 Å². The predicted molar refractivity (Wildman–Crippen MR) is 110 cm³/mol. The fourth-order valence-corrected chi connectivity index (χ4v) is 3.51. The molecule has 7 heteroatoms.